The van der Waals surface area contributed by atoms with Crippen LogP contribution in [-0.2, 0) is 21.7 Å². The van der Waals surface area contributed by atoms with Crippen molar-refractivity contribution in [1.29, 1.82) is 0 Å². The van der Waals surface area contributed by atoms with Crippen LogP contribution in [0.5, 0.6) is 0 Å². The van der Waals surface area contributed by atoms with E-state index in [2.05, 4.69) is 43.0 Å². The van der Waals surface area contributed by atoms with E-state index in [9.17, 15) is 0 Å². The molecule has 2 aromatic carbocycles. The second kappa shape index (κ2) is 7.12. The molecule has 1 fully saturated rings. The Morgan fingerprint density at radius 3 is 2.39 bits per heavy atom. The van der Waals surface area contributed by atoms with Gasteiger partial charge >= 0.3 is 0 Å². The van der Waals surface area contributed by atoms with E-state index in [1.807, 2.05) is 24.3 Å². The number of methoxy groups -OCH3 is 1. The van der Waals surface area contributed by atoms with Gasteiger partial charge in [0, 0.05) is 19.1 Å². The van der Waals surface area contributed by atoms with E-state index in [0.29, 0.717) is 0 Å². The lowest BCUT2D eigenvalue weighted by Crippen LogP contribution is -2.41. The van der Waals surface area contributed by atoms with Crippen molar-refractivity contribution in [3.05, 3.63) is 83.9 Å². The first-order valence-corrected chi connectivity index (χ1v) is 8.21. The van der Waals surface area contributed by atoms with Gasteiger partial charge in [-0.3, -0.25) is 0 Å². The molecule has 0 aromatic heterocycles. The van der Waals surface area contributed by atoms with E-state index in [1.54, 1.807) is 7.11 Å². The Bertz CT molecular complexity index is 635. The van der Waals surface area contributed by atoms with E-state index < -0.39 is 5.79 Å². The van der Waals surface area contributed by atoms with Gasteiger partial charge in [-0.1, -0.05) is 72.8 Å². The Kier molecular flexibility index (Phi) is 4.94. The minimum atomic E-state index is -0.696. The lowest BCUT2D eigenvalue weighted by Gasteiger charge is -2.41. The largest absolute Gasteiger partial charge is 0.349 e. The average molecular weight is 308 g/mol. The minimum Gasteiger partial charge on any atom is -0.349 e. The number of hydrogen-bond acceptors (Lipinski definition) is 2. The Hall–Kier alpha value is -1.90. The van der Waals surface area contributed by atoms with Gasteiger partial charge in [0.1, 0.15) is 0 Å². The summed E-state index contributed by atoms with van der Waals surface area (Å²) in [5, 5.41) is 0. The predicted octanol–water partition coefficient (Wildman–Crippen LogP) is 4.85. The van der Waals surface area contributed by atoms with Crippen molar-refractivity contribution >= 4 is 0 Å². The molecular weight excluding hydrogens is 284 g/mol. The fraction of sp³-hybridized carbons (Fsp3) is 0.333. The zero-order valence-electron chi connectivity index (χ0n) is 13.7. The van der Waals surface area contributed by atoms with Crippen molar-refractivity contribution in [2.24, 2.45) is 0 Å². The third-order valence-electron chi connectivity index (χ3n) is 4.50. The highest BCUT2D eigenvalue weighted by Crippen LogP contribution is 2.41. The minimum absolute atomic E-state index is 0.136. The number of hydrogen-bond donors (Lipinski definition) is 0. The fourth-order valence-corrected chi connectivity index (χ4v) is 3.31. The molecule has 0 aliphatic carbocycles. The van der Waals surface area contributed by atoms with E-state index >= 15 is 0 Å². The quantitative estimate of drug-likeness (QED) is 0.735. The Balaban J connectivity index is 1.74. The number of benzene rings is 2. The van der Waals surface area contributed by atoms with Crippen LogP contribution in [0.4, 0.5) is 0 Å². The lowest BCUT2D eigenvalue weighted by molar-refractivity contribution is -0.267. The normalized spacial score (nSPS) is 24.6. The molecule has 0 spiro atoms. The second-order valence-corrected chi connectivity index (χ2v) is 6.22. The molecule has 1 aliphatic heterocycles. The van der Waals surface area contributed by atoms with Crippen LogP contribution < -0.4 is 0 Å². The van der Waals surface area contributed by atoms with Crippen LogP contribution in [0.2, 0.25) is 0 Å². The van der Waals surface area contributed by atoms with Crippen LogP contribution in [0, 0.1) is 0 Å². The second-order valence-electron chi connectivity index (χ2n) is 6.22. The van der Waals surface area contributed by atoms with Crippen LogP contribution in [0.3, 0.4) is 0 Å². The summed E-state index contributed by atoms with van der Waals surface area (Å²) < 4.78 is 12.3. The van der Waals surface area contributed by atoms with Crippen LogP contribution in [0.15, 0.2) is 72.8 Å². The summed E-state index contributed by atoms with van der Waals surface area (Å²) in [5.41, 5.74) is 3.60. The predicted molar refractivity (Wildman–Crippen MR) is 93.1 cm³/mol. The van der Waals surface area contributed by atoms with Gasteiger partial charge < -0.3 is 9.47 Å². The highest BCUT2D eigenvalue weighted by Gasteiger charge is 2.40. The van der Waals surface area contributed by atoms with Crippen LogP contribution in [0.25, 0.3) is 0 Å². The molecule has 0 bridgehead atoms. The van der Waals surface area contributed by atoms with E-state index in [4.69, 9.17) is 9.47 Å². The van der Waals surface area contributed by atoms with Crippen LogP contribution in [0.1, 0.15) is 30.4 Å². The molecule has 0 unspecified atom stereocenters. The Morgan fingerprint density at radius 1 is 1.09 bits per heavy atom. The molecule has 1 heterocycles. The van der Waals surface area contributed by atoms with E-state index in [-0.39, 0.29) is 6.10 Å². The monoisotopic (exact) mass is 308 g/mol. The molecule has 0 N–H and O–H groups in total. The first-order valence-electron chi connectivity index (χ1n) is 8.21. The standard InChI is InChI=1S/C21H24O2/c1-17-15-20(14-13-18-9-5-3-6-10-18)23-21(16-17,22-2)19-11-7-4-8-12-19/h3-12,20H,1,13-16H2,2H3/t20-,21-/m1/s1. The van der Waals surface area contributed by atoms with Crippen molar-refractivity contribution in [3.63, 3.8) is 0 Å². The third-order valence-corrected chi connectivity index (χ3v) is 4.50. The Labute approximate surface area is 138 Å². The van der Waals surface area contributed by atoms with E-state index in [1.165, 1.54) is 11.1 Å². The molecule has 0 saturated carbocycles. The molecule has 3 rings (SSSR count). The van der Waals surface area contributed by atoms with Gasteiger partial charge in [-0.15, -0.1) is 0 Å². The zero-order chi connectivity index (χ0) is 16.1. The molecule has 1 aliphatic rings. The summed E-state index contributed by atoms with van der Waals surface area (Å²) in [6.45, 7) is 4.23. The third kappa shape index (κ3) is 3.72. The SMILES string of the molecule is C=C1C[C@@H](CCc2ccccc2)O[C@@](OC)(c2ccccc2)C1. The summed E-state index contributed by atoms with van der Waals surface area (Å²) in [7, 11) is 1.72. The summed E-state index contributed by atoms with van der Waals surface area (Å²) >= 11 is 0. The summed E-state index contributed by atoms with van der Waals surface area (Å²) in [4.78, 5) is 0. The maximum Gasteiger partial charge on any atom is 0.198 e. The molecule has 2 heteroatoms. The maximum absolute atomic E-state index is 6.42. The first-order chi connectivity index (χ1) is 11.2. The number of rotatable bonds is 5. The first kappa shape index (κ1) is 16.0. The van der Waals surface area contributed by atoms with Crippen molar-refractivity contribution in [2.45, 2.75) is 37.6 Å². The van der Waals surface area contributed by atoms with Crippen molar-refractivity contribution in [3.8, 4) is 0 Å². The van der Waals surface area contributed by atoms with Gasteiger partial charge in [0.25, 0.3) is 0 Å². The van der Waals surface area contributed by atoms with Gasteiger partial charge in [0.2, 0.25) is 0 Å². The van der Waals surface area contributed by atoms with E-state index in [0.717, 1.165) is 31.2 Å². The van der Waals surface area contributed by atoms with Gasteiger partial charge in [-0.2, -0.15) is 0 Å². The highest BCUT2D eigenvalue weighted by atomic mass is 16.7. The highest BCUT2D eigenvalue weighted by molar-refractivity contribution is 5.24. The molecule has 120 valence electrons. The molecule has 2 atom stereocenters. The number of ether oxygens (including phenoxy) is 2. The molecule has 23 heavy (non-hydrogen) atoms. The van der Waals surface area contributed by atoms with Crippen molar-refractivity contribution in [2.75, 3.05) is 7.11 Å². The fourth-order valence-electron chi connectivity index (χ4n) is 3.31. The van der Waals surface area contributed by atoms with Crippen LogP contribution >= 0.6 is 0 Å². The molecule has 2 nitrogen and oxygen atoms in total. The van der Waals surface area contributed by atoms with Gasteiger partial charge in [0.15, 0.2) is 5.79 Å². The molecule has 0 amide bonds. The van der Waals surface area contributed by atoms with Gasteiger partial charge in [0.05, 0.1) is 6.10 Å². The maximum atomic E-state index is 6.42. The molecule has 1 saturated heterocycles. The zero-order valence-corrected chi connectivity index (χ0v) is 13.7. The average Bonchev–Trinajstić information content (AvgIpc) is 2.61. The molecule has 0 radical (unpaired) electrons. The van der Waals surface area contributed by atoms with Gasteiger partial charge in [-0.05, 0) is 24.8 Å². The van der Waals surface area contributed by atoms with Gasteiger partial charge in [-0.25, -0.2) is 0 Å². The smallest absolute Gasteiger partial charge is 0.198 e. The lowest BCUT2D eigenvalue weighted by atomic mass is 9.89. The topological polar surface area (TPSA) is 18.5 Å². The van der Waals surface area contributed by atoms with Crippen LogP contribution in [-0.4, -0.2) is 13.2 Å². The van der Waals surface area contributed by atoms with Crippen molar-refractivity contribution < 1.29 is 9.47 Å². The Morgan fingerprint density at radius 2 is 1.74 bits per heavy atom. The number of aryl methyl sites for hydroxylation is 1. The summed E-state index contributed by atoms with van der Waals surface area (Å²) in [5.74, 6) is -0.696. The molecule has 2 aromatic rings. The van der Waals surface area contributed by atoms with Crippen molar-refractivity contribution in [1.82, 2.24) is 0 Å². The molecular formula is C21H24O2. The summed E-state index contributed by atoms with van der Waals surface area (Å²) in [6, 6.07) is 20.7. The summed E-state index contributed by atoms with van der Waals surface area (Å²) in [6.07, 6.45) is 3.74.